The number of hydrogen-bond acceptors (Lipinski definition) is 8. The van der Waals surface area contributed by atoms with E-state index in [1.54, 1.807) is 24.4 Å². The normalized spacial score (nSPS) is 11.3. The standard InChI is InChI=1S/C19H15FN6O3S/c20-16-9-23-19(25-13-4-6-15(7-5-13)30(21,27)28)26-18(16)24-14-3-1-2-12(8-14)17-10-22-11-29-17/h1-11H,(H2,21,27,28)(H2,23,24,25,26). The second-order valence-electron chi connectivity index (χ2n) is 6.16. The first-order valence-corrected chi connectivity index (χ1v) is 10.1. The average molecular weight is 426 g/mol. The molecular weight excluding hydrogens is 411 g/mol. The van der Waals surface area contributed by atoms with Crippen LogP contribution in [0.2, 0.25) is 0 Å². The Hall–Kier alpha value is -3.83. The molecule has 0 saturated heterocycles. The van der Waals surface area contributed by atoms with Gasteiger partial charge in [0.25, 0.3) is 0 Å². The molecule has 0 spiro atoms. The highest BCUT2D eigenvalue weighted by molar-refractivity contribution is 7.89. The van der Waals surface area contributed by atoms with E-state index in [-0.39, 0.29) is 16.7 Å². The summed E-state index contributed by atoms with van der Waals surface area (Å²) >= 11 is 0. The zero-order valence-electron chi connectivity index (χ0n) is 15.3. The summed E-state index contributed by atoms with van der Waals surface area (Å²) in [5.41, 5.74) is 1.86. The number of nitrogens with one attached hydrogen (secondary N) is 2. The van der Waals surface area contributed by atoms with Crippen molar-refractivity contribution >= 4 is 33.2 Å². The average Bonchev–Trinajstić information content (AvgIpc) is 3.25. The third-order valence-corrected chi connectivity index (χ3v) is 4.95. The number of benzene rings is 2. The van der Waals surface area contributed by atoms with Gasteiger partial charge in [-0.25, -0.2) is 27.9 Å². The third kappa shape index (κ3) is 4.42. The summed E-state index contributed by atoms with van der Waals surface area (Å²) in [7, 11) is -3.79. The molecule has 0 radical (unpaired) electrons. The maximum Gasteiger partial charge on any atom is 0.238 e. The van der Waals surface area contributed by atoms with Crippen LogP contribution in [-0.2, 0) is 10.0 Å². The second-order valence-corrected chi connectivity index (χ2v) is 7.72. The van der Waals surface area contributed by atoms with E-state index >= 15 is 0 Å². The van der Waals surface area contributed by atoms with Gasteiger partial charge in [-0.05, 0) is 36.4 Å². The highest BCUT2D eigenvalue weighted by atomic mass is 32.2. The molecule has 0 amide bonds. The molecule has 4 N–H and O–H groups in total. The minimum atomic E-state index is -3.79. The topological polar surface area (TPSA) is 136 Å². The van der Waals surface area contributed by atoms with Gasteiger partial charge in [0.15, 0.2) is 23.8 Å². The smallest absolute Gasteiger partial charge is 0.238 e. The van der Waals surface area contributed by atoms with Crippen molar-refractivity contribution in [2.24, 2.45) is 5.14 Å². The monoisotopic (exact) mass is 426 g/mol. The van der Waals surface area contributed by atoms with Crippen LogP contribution in [0.5, 0.6) is 0 Å². The molecule has 2 aromatic heterocycles. The lowest BCUT2D eigenvalue weighted by atomic mass is 10.1. The lowest BCUT2D eigenvalue weighted by Gasteiger charge is -2.10. The molecule has 0 saturated carbocycles. The van der Waals surface area contributed by atoms with E-state index in [2.05, 4.69) is 25.6 Å². The van der Waals surface area contributed by atoms with Gasteiger partial charge in [-0.15, -0.1) is 0 Å². The predicted octanol–water partition coefficient (Wildman–Crippen LogP) is 3.41. The maximum absolute atomic E-state index is 14.2. The predicted molar refractivity (Wildman–Crippen MR) is 108 cm³/mol. The molecule has 2 aromatic carbocycles. The quantitative estimate of drug-likeness (QED) is 0.427. The Morgan fingerprint density at radius 1 is 1.00 bits per heavy atom. The van der Waals surface area contributed by atoms with Crippen LogP contribution in [0.25, 0.3) is 11.3 Å². The van der Waals surface area contributed by atoms with Crippen molar-refractivity contribution in [1.29, 1.82) is 0 Å². The summed E-state index contributed by atoms with van der Waals surface area (Å²) in [6.45, 7) is 0. The van der Waals surface area contributed by atoms with Crippen molar-refractivity contribution in [2.45, 2.75) is 4.90 Å². The Morgan fingerprint density at radius 2 is 1.80 bits per heavy atom. The molecule has 30 heavy (non-hydrogen) atoms. The second kappa shape index (κ2) is 7.89. The van der Waals surface area contributed by atoms with Crippen LogP contribution in [-0.4, -0.2) is 23.4 Å². The van der Waals surface area contributed by atoms with Crippen LogP contribution >= 0.6 is 0 Å². The van der Waals surface area contributed by atoms with Crippen LogP contribution < -0.4 is 15.8 Å². The van der Waals surface area contributed by atoms with Crippen molar-refractivity contribution in [3.8, 4) is 11.3 Å². The van der Waals surface area contributed by atoms with Gasteiger partial charge in [0, 0.05) is 16.9 Å². The SMILES string of the molecule is NS(=O)(=O)c1ccc(Nc2ncc(F)c(Nc3cccc(-c4cnco4)c3)n2)cc1. The highest BCUT2D eigenvalue weighted by Crippen LogP contribution is 2.25. The Balaban J connectivity index is 1.55. The first-order chi connectivity index (χ1) is 14.4. The molecule has 0 aliphatic carbocycles. The number of anilines is 4. The van der Waals surface area contributed by atoms with Gasteiger partial charge in [0.05, 0.1) is 17.3 Å². The molecule has 4 aromatic rings. The highest BCUT2D eigenvalue weighted by Gasteiger charge is 2.11. The number of aromatic nitrogens is 3. The number of rotatable bonds is 6. The lowest BCUT2D eigenvalue weighted by molar-refractivity contribution is 0.572. The number of sulfonamides is 1. The molecule has 0 atom stereocenters. The van der Waals surface area contributed by atoms with E-state index in [1.165, 1.54) is 30.7 Å². The lowest BCUT2D eigenvalue weighted by Crippen LogP contribution is -2.11. The van der Waals surface area contributed by atoms with Gasteiger partial charge in [-0.3, -0.25) is 0 Å². The third-order valence-electron chi connectivity index (χ3n) is 4.03. The largest absolute Gasteiger partial charge is 0.444 e. The van der Waals surface area contributed by atoms with Gasteiger partial charge < -0.3 is 15.1 Å². The Morgan fingerprint density at radius 3 is 2.50 bits per heavy atom. The van der Waals surface area contributed by atoms with Crippen molar-refractivity contribution in [2.75, 3.05) is 10.6 Å². The van der Waals surface area contributed by atoms with E-state index in [4.69, 9.17) is 9.56 Å². The van der Waals surface area contributed by atoms with Crippen LogP contribution in [0.15, 0.2) is 76.6 Å². The molecule has 4 rings (SSSR count). The van der Waals surface area contributed by atoms with Gasteiger partial charge in [-0.1, -0.05) is 12.1 Å². The first-order valence-electron chi connectivity index (χ1n) is 8.57. The van der Waals surface area contributed by atoms with Gasteiger partial charge in [0.2, 0.25) is 16.0 Å². The fourth-order valence-corrected chi connectivity index (χ4v) is 3.13. The summed E-state index contributed by atoms with van der Waals surface area (Å²) in [5.74, 6) is 0.0133. The summed E-state index contributed by atoms with van der Waals surface area (Å²) in [4.78, 5) is 11.9. The molecule has 152 valence electrons. The summed E-state index contributed by atoms with van der Waals surface area (Å²) in [5, 5.41) is 10.9. The van der Waals surface area contributed by atoms with Crippen molar-refractivity contribution in [3.05, 3.63) is 73.1 Å². The minimum Gasteiger partial charge on any atom is -0.444 e. The van der Waals surface area contributed by atoms with Crippen LogP contribution in [0.3, 0.4) is 0 Å². The summed E-state index contributed by atoms with van der Waals surface area (Å²) in [6, 6.07) is 12.8. The molecule has 0 fully saturated rings. The minimum absolute atomic E-state index is 0.0259. The molecule has 0 unspecified atom stereocenters. The fourth-order valence-electron chi connectivity index (χ4n) is 2.62. The van der Waals surface area contributed by atoms with E-state index in [0.29, 0.717) is 17.1 Å². The van der Waals surface area contributed by atoms with Crippen molar-refractivity contribution in [3.63, 3.8) is 0 Å². The van der Waals surface area contributed by atoms with Gasteiger partial charge in [-0.2, -0.15) is 4.98 Å². The summed E-state index contributed by atoms with van der Waals surface area (Å²) in [6.07, 6.45) is 3.93. The van der Waals surface area contributed by atoms with Crippen LogP contribution in [0.1, 0.15) is 0 Å². The number of halogens is 1. The van der Waals surface area contributed by atoms with Crippen molar-refractivity contribution < 1.29 is 17.2 Å². The number of nitrogens with two attached hydrogens (primary N) is 1. The molecule has 0 bridgehead atoms. The molecule has 9 nitrogen and oxygen atoms in total. The number of primary sulfonamides is 1. The van der Waals surface area contributed by atoms with E-state index in [1.807, 2.05) is 6.07 Å². The number of hydrogen-bond donors (Lipinski definition) is 3. The van der Waals surface area contributed by atoms with Gasteiger partial charge in [0.1, 0.15) is 0 Å². The Bertz CT molecular complexity index is 1280. The van der Waals surface area contributed by atoms with Crippen molar-refractivity contribution in [1.82, 2.24) is 15.0 Å². The van der Waals surface area contributed by atoms with E-state index in [0.717, 1.165) is 11.8 Å². The Labute approximate surface area is 170 Å². The van der Waals surface area contributed by atoms with E-state index in [9.17, 15) is 12.8 Å². The molecule has 0 aliphatic heterocycles. The Kier molecular flexibility index (Phi) is 5.12. The number of oxazole rings is 1. The molecule has 0 aliphatic rings. The first kappa shape index (κ1) is 19.5. The van der Waals surface area contributed by atoms with Crippen LogP contribution in [0, 0.1) is 5.82 Å². The zero-order chi connectivity index (χ0) is 21.1. The summed E-state index contributed by atoms with van der Waals surface area (Å²) < 4.78 is 42.2. The molecule has 11 heteroatoms. The fraction of sp³-hybridized carbons (Fsp3) is 0. The van der Waals surface area contributed by atoms with Crippen LogP contribution in [0.4, 0.5) is 27.5 Å². The molecular formula is C19H15FN6O3S. The molecule has 2 heterocycles. The maximum atomic E-state index is 14.2. The zero-order valence-corrected chi connectivity index (χ0v) is 16.1. The number of nitrogens with zero attached hydrogens (tertiary/aromatic N) is 3. The van der Waals surface area contributed by atoms with Gasteiger partial charge >= 0.3 is 0 Å². The van der Waals surface area contributed by atoms with E-state index < -0.39 is 15.8 Å².